The number of rotatable bonds is 7. The molecule has 0 saturated heterocycles. The summed E-state index contributed by atoms with van der Waals surface area (Å²) in [5.41, 5.74) is 7.72. The van der Waals surface area contributed by atoms with Crippen molar-refractivity contribution in [3.63, 3.8) is 0 Å². The minimum atomic E-state index is -0.473. The van der Waals surface area contributed by atoms with Crippen LogP contribution < -0.4 is 15.8 Å². The van der Waals surface area contributed by atoms with Crippen molar-refractivity contribution >= 4 is 0 Å². The number of hydrogen-bond acceptors (Lipinski definition) is 4. The van der Waals surface area contributed by atoms with Gasteiger partial charge in [-0.25, -0.2) is 0 Å². The number of hydrogen-bond donors (Lipinski definition) is 3. The van der Waals surface area contributed by atoms with Crippen molar-refractivity contribution in [1.82, 2.24) is 5.32 Å². The van der Waals surface area contributed by atoms with Crippen molar-refractivity contribution in [2.75, 3.05) is 20.2 Å². The van der Waals surface area contributed by atoms with E-state index in [4.69, 9.17) is 10.5 Å². The van der Waals surface area contributed by atoms with Crippen LogP contribution in [0.15, 0.2) is 18.2 Å². The van der Waals surface area contributed by atoms with Crippen molar-refractivity contribution in [3.8, 4) is 5.75 Å². The molecule has 0 spiro atoms. The van der Waals surface area contributed by atoms with Gasteiger partial charge in [-0.2, -0.15) is 0 Å². The molecule has 0 bridgehead atoms. The Morgan fingerprint density at radius 2 is 2.24 bits per heavy atom. The van der Waals surface area contributed by atoms with E-state index in [1.165, 1.54) is 11.1 Å². The van der Waals surface area contributed by atoms with E-state index in [0.29, 0.717) is 6.54 Å². The molecule has 0 fully saturated rings. The average molecular weight is 238 g/mol. The van der Waals surface area contributed by atoms with Crippen LogP contribution in [-0.2, 0) is 13.0 Å². The number of nitrogens with one attached hydrogen (secondary N) is 1. The third-order valence-corrected chi connectivity index (χ3v) is 2.71. The number of aryl methyl sites for hydroxylation is 1. The van der Waals surface area contributed by atoms with Gasteiger partial charge in [0.2, 0.25) is 0 Å². The lowest BCUT2D eigenvalue weighted by atomic mass is 10.1. The number of methoxy groups -OCH3 is 1. The van der Waals surface area contributed by atoms with E-state index in [2.05, 4.69) is 18.3 Å². The van der Waals surface area contributed by atoms with Gasteiger partial charge in [-0.3, -0.25) is 0 Å². The molecule has 4 nitrogen and oxygen atoms in total. The molecule has 1 rings (SSSR count). The van der Waals surface area contributed by atoms with E-state index in [9.17, 15) is 5.11 Å². The highest BCUT2D eigenvalue weighted by molar-refractivity contribution is 5.37. The molecule has 0 aliphatic carbocycles. The molecule has 0 amide bonds. The highest BCUT2D eigenvalue weighted by Gasteiger charge is 2.03. The molecule has 0 aliphatic rings. The standard InChI is InChI=1S/C13H22N2O2/c1-3-11-6-10(4-5-13(11)17-2)8-15-9-12(16)7-14/h4-6,12,15-16H,3,7-9,14H2,1-2H3. The molecule has 96 valence electrons. The van der Waals surface area contributed by atoms with Crippen LogP contribution in [0.25, 0.3) is 0 Å². The van der Waals surface area contributed by atoms with Crippen LogP contribution in [0, 0.1) is 0 Å². The summed E-state index contributed by atoms with van der Waals surface area (Å²) in [5, 5.41) is 12.5. The van der Waals surface area contributed by atoms with Crippen LogP contribution in [0.3, 0.4) is 0 Å². The molecule has 0 aliphatic heterocycles. The Bertz CT molecular complexity index is 342. The number of benzene rings is 1. The fourth-order valence-electron chi connectivity index (χ4n) is 1.68. The van der Waals surface area contributed by atoms with Gasteiger partial charge in [0.1, 0.15) is 5.75 Å². The molecular formula is C13H22N2O2. The Hall–Kier alpha value is -1.10. The number of aliphatic hydroxyl groups is 1. The van der Waals surface area contributed by atoms with Crippen molar-refractivity contribution in [2.24, 2.45) is 5.73 Å². The van der Waals surface area contributed by atoms with E-state index in [1.54, 1.807) is 7.11 Å². The predicted octanol–water partition coefficient (Wildman–Crippen LogP) is 0.667. The summed E-state index contributed by atoms with van der Waals surface area (Å²) in [6, 6.07) is 6.13. The molecule has 0 heterocycles. The summed E-state index contributed by atoms with van der Waals surface area (Å²) in [4.78, 5) is 0. The largest absolute Gasteiger partial charge is 0.496 e. The smallest absolute Gasteiger partial charge is 0.122 e. The zero-order valence-electron chi connectivity index (χ0n) is 10.6. The van der Waals surface area contributed by atoms with Gasteiger partial charge < -0.3 is 20.9 Å². The van der Waals surface area contributed by atoms with Gasteiger partial charge >= 0.3 is 0 Å². The Morgan fingerprint density at radius 1 is 1.47 bits per heavy atom. The van der Waals surface area contributed by atoms with Gasteiger partial charge in [-0.05, 0) is 23.6 Å². The monoisotopic (exact) mass is 238 g/mol. The Kier molecular flexibility index (Phi) is 5.97. The van der Waals surface area contributed by atoms with Crippen LogP contribution in [-0.4, -0.2) is 31.4 Å². The Morgan fingerprint density at radius 3 is 2.82 bits per heavy atom. The summed E-state index contributed by atoms with van der Waals surface area (Å²) in [6.45, 7) is 3.64. The van der Waals surface area contributed by atoms with E-state index >= 15 is 0 Å². The molecule has 4 heteroatoms. The van der Waals surface area contributed by atoms with Gasteiger partial charge in [0.05, 0.1) is 13.2 Å². The van der Waals surface area contributed by atoms with Gasteiger partial charge in [-0.1, -0.05) is 19.1 Å². The zero-order valence-corrected chi connectivity index (χ0v) is 10.6. The molecule has 0 radical (unpaired) electrons. The number of aliphatic hydroxyl groups excluding tert-OH is 1. The van der Waals surface area contributed by atoms with E-state index in [0.717, 1.165) is 18.7 Å². The lowest BCUT2D eigenvalue weighted by molar-refractivity contribution is 0.179. The second-order valence-electron chi connectivity index (χ2n) is 4.02. The molecule has 1 atom stereocenters. The first-order valence-electron chi connectivity index (χ1n) is 5.95. The van der Waals surface area contributed by atoms with Crippen molar-refractivity contribution in [1.29, 1.82) is 0 Å². The second kappa shape index (κ2) is 7.27. The molecule has 0 saturated carbocycles. The van der Waals surface area contributed by atoms with Gasteiger partial charge in [0.25, 0.3) is 0 Å². The van der Waals surface area contributed by atoms with Gasteiger partial charge in [-0.15, -0.1) is 0 Å². The van der Waals surface area contributed by atoms with Crippen LogP contribution in [0.4, 0.5) is 0 Å². The zero-order chi connectivity index (χ0) is 12.7. The number of nitrogens with two attached hydrogens (primary N) is 1. The third kappa shape index (κ3) is 4.34. The maximum atomic E-state index is 9.31. The summed E-state index contributed by atoms with van der Waals surface area (Å²) >= 11 is 0. The topological polar surface area (TPSA) is 67.5 Å². The molecule has 4 N–H and O–H groups in total. The summed E-state index contributed by atoms with van der Waals surface area (Å²) < 4.78 is 5.27. The van der Waals surface area contributed by atoms with E-state index in [-0.39, 0.29) is 6.54 Å². The van der Waals surface area contributed by atoms with E-state index < -0.39 is 6.10 Å². The van der Waals surface area contributed by atoms with Gasteiger partial charge in [0.15, 0.2) is 0 Å². The number of ether oxygens (including phenoxy) is 1. The SMILES string of the molecule is CCc1cc(CNCC(O)CN)ccc1OC. The van der Waals surface area contributed by atoms with Crippen molar-refractivity contribution in [3.05, 3.63) is 29.3 Å². The van der Waals surface area contributed by atoms with Crippen molar-refractivity contribution in [2.45, 2.75) is 26.0 Å². The molecular weight excluding hydrogens is 216 g/mol. The van der Waals surface area contributed by atoms with Crippen molar-refractivity contribution < 1.29 is 9.84 Å². The van der Waals surface area contributed by atoms with Gasteiger partial charge in [0, 0.05) is 19.6 Å². The fraction of sp³-hybridized carbons (Fsp3) is 0.538. The predicted molar refractivity (Wildman–Crippen MR) is 69.1 cm³/mol. The first-order chi connectivity index (χ1) is 8.21. The second-order valence-corrected chi connectivity index (χ2v) is 4.02. The highest BCUT2D eigenvalue weighted by atomic mass is 16.5. The Balaban J connectivity index is 2.54. The first kappa shape index (κ1) is 14.0. The fourth-order valence-corrected chi connectivity index (χ4v) is 1.68. The minimum absolute atomic E-state index is 0.288. The quantitative estimate of drug-likeness (QED) is 0.653. The summed E-state index contributed by atoms with van der Waals surface area (Å²) in [7, 11) is 1.68. The average Bonchev–Trinajstić information content (AvgIpc) is 2.38. The first-order valence-corrected chi connectivity index (χ1v) is 5.95. The Labute approximate surface area is 103 Å². The lowest BCUT2D eigenvalue weighted by Gasteiger charge is -2.11. The maximum absolute atomic E-state index is 9.31. The maximum Gasteiger partial charge on any atom is 0.122 e. The van der Waals surface area contributed by atoms with Crippen LogP contribution in [0.2, 0.25) is 0 Å². The minimum Gasteiger partial charge on any atom is -0.496 e. The van der Waals surface area contributed by atoms with E-state index in [1.807, 2.05) is 12.1 Å². The molecule has 1 unspecified atom stereocenters. The third-order valence-electron chi connectivity index (χ3n) is 2.71. The van der Waals surface area contributed by atoms with Crippen LogP contribution >= 0.6 is 0 Å². The lowest BCUT2D eigenvalue weighted by Crippen LogP contribution is -2.32. The summed E-state index contributed by atoms with van der Waals surface area (Å²) in [6.07, 6.45) is 0.474. The molecule has 1 aromatic carbocycles. The van der Waals surface area contributed by atoms with Crippen LogP contribution in [0.1, 0.15) is 18.1 Å². The molecule has 1 aromatic rings. The highest BCUT2D eigenvalue weighted by Crippen LogP contribution is 2.20. The molecule has 17 heavy (non-hydrogen) atoms. The van der Waals surface area contributed by atoms with Crippen LogP contribution in [0.5, 0.6) is 5.75 Å². The normalized spacial score (nSPS) is 12.5. The summed E-state index contributed by atoms with van der Waals surface area (Å²) in [5.74, 6) is 0.929. The molecule has 0 aromatic heterocycles.